The van der Waals surface area contributed by atoms with E-state index in [9.17, 15) is 8.42 Å². The number of nitrogens with one attached hydrogen (secondary N) is 1. The summed E-state index contributed by atoms with van der Waals surface area (Å²) in [6.07, 6.45) is 0. The van der Waals surface area contributed by atoms with Gasteiger partial charge in [-0.1, -0.05) is 12.1 Å². The topological polar surface area (TPSA) is 72.2 Å². The van der Waals surface area contributed by atoms with Crippen LogP contribution in [-0.2, 0) is 10.0 Å². The van der Waals surface area contributed by atoms with Gasteiger partial charge in [0.05, 0.1) is 10.6 Å². The predicted octanol–water partition coefficient (Wildman–Crippen LogP) is 3.59. The molecule has 4 nitrogen and oxygen atoms in total. The Labute approximate surface area is 128 Å². The van der Waals surface area contributed by atoms with Crippen LogP contribution < -0.4 is 10.5 Å². The van der Waals surface area contributed by atoms with Gasteiger partial charge >= 0.3 is 0 Å². The van der Waals surface area contributed by atoms with Gasteiger partial charge in [-0.05, 0) is 62.2 Å². The molecule has 0 aliphatic rings. The zero-order valence-electron chi connectivity index (χ0n) is 9.60. The van der Waals surface area contributed by atoms with Gasteiger partial charge in [0.25, 0.3) is 10.0 Å². The molecule has 0 saturated heterocycles. The van der Waals surface area contributed by atoms with Crippen molar-refractivity contribution in [1.82, 2.24) is 0 Å². The van der Waals surface area contributed by atoms with Crippen LogP contribution in [0.5, 0.6) is 0 Å². The van der Waals surface area contributed by atoms with Crippen molar-refractivity contribution in [2.24, 2.45) is 0 Å². The highest BCUT2D eigenvalue weighted by Gasteiger charge is 2.16. The quantitative estimate of drug-likeness (QED) is 0.766. The van der Waals surface area contributed by atoms with Gasteiger partial charge in [-0.3, -0.25) is 4.72 Å². The predicted molar refractivity (Wildman–Crippen MR) is 83.5 cm³/mol. The van der Waals surface area contributed by atoms with Crippen molar-refractivity contribution < 1.29 is 8.42 Å². The maximum Gasteiger partial charge on any atom is 0.261 e. The summed E-state index contributed by atoms with van der Waals surface area (Å²) in [6, 6.07) is 11.5. The molecular formula is C12H10Br2N2O2S. The fourth-order valence-corrected chi connectivity index (χ4v) is 3.57. The third-order valence-electron chi connectivity index (χ3n) is 2.40. The van der Waals surface area contributed by atoms with Gasteiger partial charge in [-0.15, -0.1) is 0 Å². The molecular weight excluding hydrogens is 396 g/mol. The molecule has 0 saturated carbocycles. The fourth-order valence-electron chi connectivity index (χ4n) is 1.42. The third kappa shape index (κ3) is 3.29. The normalized spacial score (nSPS) is 11.3. The number of para-hydroxylation sites is 1. The van der Waals surface area contributed by atoms with E-state index in [2.05, 4.69) is 36.6 Å². The summed E-state index contributed by atoms with van der Waals surface area (Å²) in [6.45, 7) is 0. The average molecular weight is 406 g/mol. The van der Waals surface area contributed by atoms with Crippen LogP contribution in [0.25, 0.3) is 0 Å². The minimum Gasteiger partial charge on any atom is -0.398 e. The molecule has 0 fully saturated rings. The van der Waals surface area contributed by atoms with E-state index in [1.54, 1.807) is 24.3 Å². The molecule has 100 valence electrons. The van der Waals surface area contributed by atoms with Crippen LogP contribution in [0.1, 0.15) is 0 Å². The summed E-state index contributed by atoms with van der Waals surface area (Å²) in [5, 5.41) is 0. The molecule has 0 heterocycles. The lowest BCUT2D eigenvalue weighted by Gasteiger charge is -2.10. The van der Waals surface area contributed by atoms with E-state index in [1.165, 1.54) is 12.1 Å². The number of rotatable bonds is 3. The number of nitrogen functional groups attached to an aromatic ring is 1. The van der Waals surface area contributed by atoms with Crippen LogP contribution in [0.3, 0.4) is 0 Å². The number of hydrogen-bond donors (Lipinski definition) is 2. The minimum atomic E-state index is -3.64. The number of anilines is 2. The molecule has 2 aromatic carbocycles. The van der Waals surface area contributed by atoms with E-state index in [4.69, 9.17) is 5.73 Å². The molecule has 0 aliphatic carbocycles. The maximum absolute atomic E-state index is 12.2. The number of nitrogens with two attached hydrogens (primary N) is 1. The van der Waals surface area contributed by atoms with Crippen molar-refractivity contribution >= 4 is 53.3 Å². The highest BCUT2D eigenvalue weighted by molar-refractivity contribution is 9.11. The lowest BCUT2D eigenvalue weighted by molar-refractivity contribution is 0.601. The second-order valence-electron chi connectivity index (χ2n) is 3.77. The average Bonchev–Trinajstić information content (AvgIpc) is 2.35. The highest BCUT2D eigenvalue weighted by atomic mass is 79.9. The van der Waals surface area contributed by atoms with E-state index in [-0.39, 0.29) is 4.90 Å². The van der Waals surface area contributed by atoms with Crippen molar-refractivity contribution in [2.45, 2.75) is 4.90 Å². The molecule has 2 aromatic rings. The van der Waals surface area contributed by atoms with Crippen molar-refractivity contribution in [1.29, 1.82) is 0 Å². The Morgan fingerprint density at radius 2 is 1.68 bits per heavy atom. The first-order valence-corrected chi connectivity index (χ1v) is 8.29. The van der Waals surface area contributed by atoms with Crippen molar-refractivity contribution in [3.8, 4) is 0 Å². The molecule has 7 heteroatoms. The molecule has 0 radical (unpaired) electrons. The summed E-state index contributed by atoms with van der Waals surface area (Å²) in [4.78, 5) is 0.143. The fraction of sp³-hybridized carbons (Fsp3) is 0. The van der Waals surface area contributed by atoms with E-state index in [0.717, 1.165) is 0 Å². The first-order valence-electron chi connectivity index (χ1n) is 5.22. The molecule has 19 heavy (non-hydrogen) atoms. The van der Waals surface area contributed by atoms with E-state index in [0.29, 0.717) is 20.3 Å². The Morgan fingerprint density at radius 1 is 1.00 bits per heavy atom. The number of halogens is 2. The SMILES string of the molecule is Nc1ccc(S(=O)(=O)Nc2ccccc2Br)cc1Br. The minimum absolute atomic E-state index is 0.143. The van der Waals surface area contributed by atoms with Crippen molar-refractivity contribution in [3.63, 3.8) is 0 Å². The Kier molecular flexibility index (Phi) is 4.17. The monoisotopic (exact) mass is 404 g/mol. The number of hydrogen-bond acceptors (Lipinski definition) is 3. The van der Waals surface area contributed by atoms with Crippen LogP contribution in [0, 0.1) is 0 Å². The first-order chi connectivity index (χ1) is 8.90. The van der Waals surface area contributed by atoms with Gasteiger partial charge in [0.2, 0.25) is 0 Å². The number of benzene rings is 2. The summed E-state index contributed by atoms with van der Waals surface area (Å²) in [7, 11) is -3.64. The zero-order valence-corrected chi connectivity index (χ0v) is 13.6. The summed E-state index contributed by atoms with van der Waals surface area (Å²) < 4.78 is 28.2. The smallest absolute Gasteiger partial charge is 0.261 e. The van der Waals surface area contributed by atoms with Gasteiger partial charge in [0, 0.05) is 14.6 Å². The molecule has 0 bridgehead atoms. The van der Waals surface area contributed by atoms with Gasteiger partial charge < -0.3 is 5.73 Å². The van der Waals surface area contributed by atoms with Crippen molar-refractivity contribution in [3.05, 3.63) is 51.4 Å². The summed E-state index contributed by atoms with van der Waals surface area (Å²) >= 11 is 6.50. The highest BCUT2D eigenvalue weighted by Crippen LogP contribution is 2.27. The Morgan fingerprint density at radius 3 is 2.32 bits per heavy atom. The van der Waals surface area contributed by atoms with Crippen LogP contribution >= 0.6 is 31.9 Å². The molecule has 0 aliphatic heterocycles. The Bertz CT molecular complexity index is 717. The van der Waals surface area contributed by atoms with Gasteiger partial charge in [-0.25, -0.2) is 8.42 Å². The second-order valence-corrected chi connectivity index (χ2v) is 7.16. The molecule has 0 unspecified atom stereocenters. The standard InChI is InChI=1S/C12H10Br2N2O2S/c13-9-3-1-2-4-12(9)16-19(17,18)8-5-6-11(15)10(14)7-8/h1-7,16H,15H2. The van der Waals surface area contributed by atoms with E-state index < -0.39 is 10.0 Å². The van der Waals surface area contributed by atoms with E-state index >= 15 is 0 Å². The lowest BCUT2D eigenvalue weighted by Crippen LogP contribution is -2.13. The lowest BCUT2D eigenvalue weighted by atomic mass is 10.3. The maximum atomic E-state index is 12.2. The molecule has 3 N–H and O–H groups in total. The van der Waals surface area contributed by atoms with Gasteiger partial charge in [0.1, 0.15) is 0 Å². The van der Waals surface area contributed by atoms with Crippen LogP contribution in [0.2, 0.25) is 0 Å². The first kappa shape index (κ1) is 14.4. The van der Waals surface area contributed by atoms with Gasteiger partial charge in [0.15, 0.2) is 0 Å². The molecule has 0 atom stereocenters. The molecule has 0 spiro atoms. The van der Waals surface area contributed by atoms with Crippen LogP contribution in [0.15, 0.2) is 56.3 Å². The van der Waals surface area contributed by atoms with Crippen molar-refractivity contribution in [2.75, 3.05) is 10.5 Å². The Hall–Kier alpha value is -1.05. The van der Waals surface area contributed by atoms with Crippen LogP contribution in [-0.4, -0.2) is 8.42 Å². The van der Waals surface area contributed by atoms with E-state index in [1.807, 2.05) is 6.07 Å². The summed E-state index contributed by atoms with van der Waals surface area (Å²) in [5.41, 5.74) is 6.61. The molecule has 0 amide bonds. The van der Waals surface area contributed by atoms with Crippen LogP contribution in [0.4, 0.5) is 11.4 Å². The van der Waals surface area contributed by atoms with Gasteiger partial charge in [-0.2, -0.15) is 0 Å². The largest absolute Gasteiger partial charge is 0.398 e. The molecule has 0 aromatic heterocycles. The Balaban J connectivity index is 2.38. The molecule has 2 rings (SSSR count). The zero-order chi connectivity index (χ0) is 14.0. The summed E-state index contributed by atoms with van der Waals surface area (Å²) in [5.74, 6) is 0. The third-order valence-corrected chi connectivity index (χ3v) is 5.14. The second kappa shape index (κ2) is 5.52. The number of sulfonamides is 1.